The van der Waals surface area contributed by atoms with Gasteiger partial charge in [-0.25, -0.2) is 0 Å². The number of nitrogens with zero attached hydrogens (tertiary/aromatic N) is 2. The minimum atomic E-state index is -1.17. The fraction of sp³-hybridized carbons (Fsp3) is 0.526. The first-order valence-electron chi connectivity index (χ1n) is 8.71. The number of rotatable bonds is 7. The van der Waals surface area contributed by atoms with Crippen LogP contribution in [0.2, 0.25) is 0 Å². The number of aliphatic hydroxyl groups is 1. The van der Waals surface area contributed by atoms with Crippen LogP contribution in [0.15, 0.2) is 24.3 Å². The summed E-state index contributed by atoms with van der Waals surface area (Å²) in [4.78, 5) is 0. The van der Waals surface area contributed by atoms with E-state index in [0.717, 1.165) is 17.0 Å². The third-order valence-electron chi connectivity index (χ3n) is 5.06. The number of hydrogen-bond donors (Lipinski definition) is 2. The number of aromatic nitrogens is 2. The standard InChI is InChI=1S/C19H29BN2O4/c1-13-17(20(24)26-19(5,6)18(3,4)23)14(2)22(21-13)12-15-8-10-16(25-7)11-9-15/h8-11,23-24H,12H2,1-7H3. The van der Waals surface area contributed by atoms with Crippen LogP contribution in [0.25, 0.3) is 0 Å². The third-order valence-corrected chi connectivity index (χ3v) is 5.06. The number of benzene rings is 1. The minimum absolute atomic E-state index is 0.582. The molecule has 0 saturated heterocycles. The van der Waals surface area contributed by atoms with Crippen molar-refractivity contribution in [3.8, 4) is 5.75 Å². The lowest BCUT2D eigenvalue weighted by molar-refractivity contribution is -0.0982. The molecule has 6 nitrogen and oxygen atoms in total. The zero-order chi connectivity index (χ0) is 19.7. The van der Waals surface area contributed by atoms with Crippen molar-refractivity contribution < 1.29 is 19.5 Å². The molecule has 0 bridgehead atoms. The fourth-order valence-electron chi connectivity index (χ4n) is 2.61. The first-order valence-corrected chi connectivity index (χ1v) is 8.71. The van der Waals surface area contributed by atoms with Crippen molar-refractivity contribution >= 4 is 12.6 Å². The Bertz CT molecular complexity index is 748. The van der Waals surface area contributed by atoms with Crippen LogP contribution in [-0.4, -0.2) is 45.3 Å². The van der Waals surface area contributed by atoms with Crippen molar-refractivity contribution in [2.24, 2.45) is 0 Å². The molecule has 0 aliphatic carbocycles. The van der Waals surface area contributed by atoms with Gasteiger partial charge in [0.1, 0.15) is 5.75 Å². The van der Waals surface area contributed by atoms with E-state index in [-0.39, 0.29) is 0 Å². The molecular formula is C19H29BN2O4. The summed E-state index contributed by atoms with van der Waals surface area (Å²) in [7, 11) is 0.472. The monoisotopic (exact) mass is 360 g/mol. The van der Waals surface area contributed by atoms with Gasteiger partial charge in [-0.05, 0) is 59.2 Å². The summed E-state index contributed by atoms with van der Waals surface area (Å²) in [5.74, 6) is 0.806. The van der Waals surface area contributed by atoms with Gasteiger partial charge in [-0.3, -0.25) is 4.68 Å². The summed E-state index contributed by atoms with van der Waals surface area (Å²) in [6.45, 7) is 11.2. The first-order chi connectivity index (χ1) is 12.0. The molecule has 0 fully saturated rings. The summed E-state index contributed by atoms with van der Waals surface area (Å²) in [6.07, 6.45) is 0. The molecule has 1 aromatic carbocycles. The third kappa shape index (κ3) is 4.28. The topological polar surface area (TPSA) is 76.7 Å². The molecule has 0 saturated carbocycles. The van der Waals surface area contributed by atoms with Gasteiger partial charge in [0.2, 0.25) is 0 Å². The van der Waals surface area contributed by atoms with Gasteiger partial charge >= 0.3 is 7.12 Å². The van der Waals surface area contributed by atoms with Gasteiger partial charge in [0.15, 0.2) is 0 Å². The van der Waals surface area contributed by atoms with Gasteiger partial charge in [-0.15, -0.1) is 0 Å². The predicted molar refractivity (Wildman–Crippen MR) is 103 cm³/mol. The number of hydrogen-bond acceptors (Lipinski definition) is 5. The zero-order valence-corrected chi connectivity index (χ0v) is 16.7. The maximum Gasteiger partial charge on any atom is 0.495 e. The van der Waals surface area contributed by atoms with Crippen molar-refractivity contribution in [2.45, 2.75) is 59.3 Å². The van der Waals surface area contributed by atoms with Crippen LogP contribution in [0.1, 0.15) is 44.6 Å². The molecule has 26 heavy (non-hydrogen) atoms. The molecule has 142 valence electrons. The molecule has 0 radical (unpaired) electrons. The van der Waals surface area contributed by atoms with Crippen molar-refractivity contribution in [1.29, 1.82) is 0 Å². The Morgan fingerprint density at radius 1 is 1.12 bits per heavy atom. The second kappa shape index (κ2) is 7.43. The van der Waals surface area contributed by atoms with Gasteiger partial charge in [-0.1, -0.05) is 12.1 Å². The Hall–Kier alpha value is -1.83. The van der Waals surface area contributed by atoms with E-state index < -0.39 is 18.3 Å². The molecule has 0 unspecified atom stereocenters. The summed E-state index contributed by atoms with van der Waals surface area (Å²) >= 11 is 0. The highest BCUT2D eigenvalue weighted by atomic mass is 16.5. The molecule has 0 aliphatic rings. The Kier molecular flexibility index (Phi) is 5.85. The first kappa shape index (κ1) is 20.5. The van der Waals surface area contributed by atoms with Crippen molar-refractivity contribution in [1.82, 2.24) is 9.78 Å². The second-order valence-electron chi connectivity index (χ2n) is 7.63. The summed E-state index contributed by atoms with van der Waals surface area (Å²) in [6, 6.07) is 7.79. The molecule has 2 aromatic rings. The largest absolute Gasteiger partial charge is 0.497 e. The fourth-order valence-corrected chi connectivity index (χ4v) is 2.61. The average molecular weight is 360 g/mol. The van der Waals surface area contributed by atoms with E-state index in [1.54, 1.807) is 34.8 Å². The highest BCUT2D eigenvalue weighted by molar-refractivity contribution is 6.61. The summed E-state index contributed by atoms with van der Waals surface area (Å²) in [5.41, 5.74) is 1.22. The van der Waals surface area contributed by atoms with Crippen molar-refractivity contribution in [3.63, 3.8) is 0 Å². The minimum Gasteiger partial charge on any atom is -0.497 e. The Balaban J connectivity index is 2.23. The van der Waals surface area contributed by atoms with Crippen molar-refractivity contribution in [3.05, 3.63) is 41.2 Å². The smallest absolute Gasteiger partial charge is 0.495 e. The Morgan fingerprint density at radius 2 is 1.69 bits per heavy atom. The highest BCUT2D eigenvalue weighted by Crippen LogP contribution is 2.25. The predicted octanol–water partition coefficient (Wildman–Crippen LogP) is 1.81. The van der Waals surface area contributed by atoms with Gasteiger partial charge < -0.3 is 19.5 Å². The van der Waals surface area contributed by atoms with Crippen LogP contribution in [0.3, 0.4) is 0 Å². The Morgan fingerprint density at radius 3 is 2.19 bits per heavy atom. The van der Waals surface area contributed by atoms with Gasteiger partial charge in [-0.2, -0.15) is 5.10 Å². The van der Waals surface area contributed by atoms with E-state index in [2.05, 4.69) is 5.10 Å². The van der Waals surface area contributed by atoms with Crippen LogP contribution >= 0.6 is 0 Å². The number of ether oxygens (including phenoxy) is 1. The lowest BCUT2D eigenvalue weighted by atomic mass is 9.75. The average Bonchev–Trinajstić information content (AvgIpc) is 2.80. The quantitative estimate of drug-likeness (QED) is 0.737. The molecule has 0 aliphatic heterocycles. The van der Waals surface area contributed by atoms with Crippen molar-refractivity contribution in [2.75, 3.05) is 7.11 Å². The maximum absolute atomic E-state index is 10.6. The molecule has 2 rings (SSSR count). The molecule has 7 heteroatoms. The van der Waals surface area contributed by atoms with Crippen LogP contribution in [0.5, 0.6) is 5.75 Å². The van der Waals surface area contributed by atoms with Crippen LogP contribution in [-0.2, 0) is 11.2 Å². The molecule has 0 atom stereocenters. The maximum atomic E-state index is 10.6. The van der Waals surface area contributed by atoms with Gasteiger partial charge in [0.25, 0.3) is 0 Å². The lowest BCUT2D eigenvalue weighted by Crippen LogP contribution is -2.53. The van der Waals surface area contributed by atoms with E-state index in [4.69, 9.17) is 9.39 Å². The van der Waals surface area contributed by atoms with E-state index >= 15 is 0 Å². The number of methoxy groups -OCH3 is 1. The molecule has 2 N–H and O–H groups in total. The molecule has 0 spiro atoms. The Labute approximate surface area is 155 Å². The van der Waals surface area contributed by atoms with Gasteiger partial charge in [0.05, 0.1) is 30.6 Å². The van der Waals surface area contributed by atoms with Gasteiger partial charge in [0, 0.05) is 11.2 Å². The molecule has 1 aromatic heterocycles. The van der Waals surface area contributed by atoms with Crippen LogP contribution in [0.4, 0.5) is 0 Å². The summed E-state index contributed by atoms with van der Waals surface area (Å²) < 4.78 is 12.8. The molecule has 1 heterocycles. The van der Waals surface area contributed by atoms with E-state index in [1.807, 2.05) is 42.8 Å². The highest BCUT2D eigenvalue weighted by Gasteiger charge is 2.41. The van der Waals surface area contributed by atoms with E-state index in [0.29, 0.717) is 17.7 Å². The van der Waals surface area contributed by atoms with E-state index in [1.165, 1.54) is 0 Å². The molecular weight excluding hydrogens is 331 g/mol. The normalized spacial score (nSPS) is 12.3. The zero-order valence-electron chi connectivity index (χ0n) is 16.7. The second-order valence-corrected chi connectivity index (χ2v) is 7.63. The van der Waals surface area contributed by atoms with E-state index in [9.17, 15) is 10.1 Å². The van der Waals surface area contributed by atoms with Crippen LogP contribution < -0.4 is 10.2 Å². The number of aryl methyl sites for hydroxylation is 1. The SMILES string of the molecule is COc1ccc(Cn2nc(C)c(B(O)OC(C)(C)C(C)(C)O)c2C)cc1. The lowest BCUT2D eigenvalue weighted by Gasteiger charge is -2.38. The van der Waals surface area contributed by atoms with Crippen LogP contribution in [0, 0.1) is 13.8 Å². The molecule has 0 amide bonds. The summed E-state index contributed by atoms with van der Waals surface area (Å²) in [5, 5.41) is 25.4.